The van der Waals surface area contributed by atoms with Crippen molar-refractivity contribution in [3.63, 3.8) is 0 Å². The zero-order valence-corrected chi connectivity index (χ0v) is 6.35. The fraction of sp³-hybridized carbons (Fsp3) is 0. The minimum absolute atomic E-state index is 0.163. The summed E-state index contributed by atoms with van der Waals surface area (Å²) in [5.74, 6) is -0.392. The molecule has 2 rings (SSSR count). The van der Waals surface area contributed by atoms with Gasteiger partial charge < -0.3 is 5.11 Å². The standard InChI is InChI=1S/C7H4N4O2/c8-3-4-5(12)6-9-1-2-11(6)10-7(4)13/h1-2,12H,(H,10,13). The van der Waals surface area contributed by atoms with Gasteiger partial charge in [0.1, 0.15) is 6.07 Å². The normalized spacial score (nSPS) is 10.1. The van der Waals surface area contributed by atoms with Crippen LogP contribution in [0.2, 0.25) is 0 Å². The molecule has 0 aromatic carbocycles. The van der Waals surface area contributed by atoms with Crippen LogP contribution in [0, 0.1) is 11.3 Å². The Balaban J connectivity index is 3.04. The number of nitriles is 1. The van der Waals surface area contributed by atoms with Crippen LogP contribution in [0.3, 0.4) is 0 Å². The lowest BCUT2D eigenvalue weighted by Gasteiger charge is -1.97. The Morgan fingerprint density at radius 2 is 2.46 bits per heavy atom. The fourth-order valence-electron chi connectivity index (χ4n) is 1.06. The quantitative estimate of drug-likeness (QED) is 0.571. The van der Waals surface area contributed by atoms with Gasteiger partial charge in [-0.05, 0) is 0 Å². The van der Waals surface area contributed by atoms with Crippen LogP contribution in [-0.2, 0) is 0 Å². The number of hydrogen-bond acceptors (Lipinski definition) is 4. The molecule has 6 heteroatoms. The first kappa shape index (κ1) is 7.36. The van der Waals surface area contributed by atoms with Gasteiger partial charge in [-0.15, -0.1) is 0 Å². The predicted molar refractivity (Wildman–Crippen MR) is 42.2 cm³/mol. The minimum Gasteiger partial charge on any atom is -0.503 e. The third-order valence-corrected chi connectivity index (χ3v) is 1.65. The van der Waals surface area contributed by atoms with Crippen molar-refractivity contribution in [2.45, 2.75) is 0 Å². The monoisotopic (exact) mass is 176 g/mol. The van der Waals surface area contributed by atoms with Crippen LogP contribution < -0.4 is 5.56 Å². The van der Waals surface area contributed by atoms with Gasteiger partial charge in [0, 0.05) is 12.4 Å². The highest BCUT2D eigenvalue weighted by Crippen LogP contribution is 2.16. The lowest BCUT2D eigenvalue weighted by Crippen LogP contribution is -2.14. The summed E-state index contributed by atoms with van der Waals surface area (Å²) in [6, 6.07) is 1.60. The van der Waals surface area contributed by atoms with Gasteiger partial charge in [-0.1, -0.05) is 0 Å². The number of rotatable bonds is 0. The van der Waals surface area contributed by atoms with Crippen LogP contribution in [0.1, 0.15) is 5.56 Å². The molecule has 0 aliphatic carbocycles. The lowest BCUT2D eigenvalue weighted by atomic mass is 10.3. The Labute approximate surface area is 71.7 Å². The molecule has 0 amide bonds. The average molecular weight is 176 g/mol. The second kappa shape index (κ2) is 2.35. The molecule has 2 aromatic heterocycles. The summed E-state index contributed by atoms with van der Waals surface area (Å²) in [6.45, 7) is 0. The molecule has 0 unspecified atom stereocenters. The van der Waals surface area contributed by atoms with Gasteiger partial charge in [-0.2, -0.15) is 5.26 Å². The van der Waals surface area contributed by atoms with Crippen molar-refractivity contribution in [1.29, 1.82) is 5.26 Å². The van der Waals surface area contributed by atoms with Crippen LogP contribution in [0.5, 0.6) is 5.75 Å². The Morgan fingerprint density at radius 3 is 3.15 bits per heavy atom. The van der Waals surface area contributed by atoms with Crippen molar-refractivity contribution in [2.75, 3.05) is 0 Å². The van der Waals surface area contributed by atoms with Gasteiger partial charge >= 0.3 is 0 Å². The van der Waals surface area contributed by atoms with E-state index in [1.807, 2.05) is 0 Å². The molecule has 0 bridgehead atoms. The minimum atomic E-state index is -0.634. The second-order valence-electron chi connectivity index (χ2n) is 2.40. The third-order valence-electron chi connectivity index (χ3n) is 1.65. The van der Waals surface area contributed by atoms with Gasteiger partial charge in [0.15, 0.2) is 17.0 Å². The number of fused-ring (bicyclic) bond motifs is 1. The van der Waals surface area contributed by atoms with E-state index in [1.54, 1.807) is 6.07 Å². The summed E-state index contributed by atoms with van der Waals surface area (Å²) in [4.78, 5) is 14.9. The molecule has 0 atom stereocenters. The van der Waals surface area contributed by atoms with Crippen LogP contribution in [0.4, 0.5) is 0 Å². The Morgan fingerprint density at radius 1 is 1.69 bits per heavy atom. The molecular weight excluding hydrogens is 172 g/mol. The fourth-order valence-corrected chi connectivity index (χ4v) is 1.06. The number of imidazole rings is 1. The molecule has 64 valence electrons. The van der Waals surface area contributed by atoms with Crippen molar-refractivity contribution >= 4 is 5.65 Å². The molecule has 0 aliphatic heterocycles. The van der Waals surface area contributed by atoms with E-state index < -0.39 is 11.3 Å². The lowest BCUT2D eigenvalue weighted by molar-refractivity contribution is 0.472. The van der Waals surface area contributed by atoms with Gasteiger partial charge in [0.2, 0.25) is 0 Å². The molecule has 2 heterocycles. The molecule has 2 N–H and O–H groups in total. The molecule has 0 spiro atoms. The first-order valence-corrected chi connectivity index (χ1v) is 3.42. The van der Waals surface area contributed by atoms with Crippen molar-refractivity contribution in [3.05, 3.63) is 28.3 Å². The summed E-state index contributed by atoms with van der Waals surface area (Å²) >= 11 is 0. The van der Waals surface area contributed by atoms with E-state index in [0.29, 0.717) is 0 Å². The molecule has 0 aliphatic rings. The number of nitrogens with zero attached hydrogens (tertiary/aromatic N) is 3. The van der Waals surface area contributed by atoms with Crippen molar-refractivity contribution in [2.24, 2.45) is 0 Å². The van der Waals surface area contributed by atoms with E-state index in [-0.39, 0.29) is 11.2 Å². The first-order chi connectivity index (χ1) is 6.24. The number of aromatic hydroxyl groups is 1. The first-order valence-electron chi connectivity index (χ1n) is 3.42. The van der Waals surface area contributed by atoms with E-state index >= 15 is 0 Å². The smallest absolute Gasteiger partial charge is 0.284 e. The maximum absolute atomic E-state index is 11.1. The molecule has 0 fully saturated rings. The van der Waals surface area contributed by atoms with Crippen molar-refractivity contribution < 1.29 is 5.11 Å². The van der Waals surface area contributed by atoms with E-state index in [4.69, 9.17) is 5.26 Å². The summed E-state index contributed by atoms with van der Waals surface area (Å²) in [5, 5.41) is 20.3. The highest BCUT2D eigenvalue weighted by atomic mass is 16.3. The van der Waals surface area contributed by atoms with E-state index in [9.17, 15) is 9.90 Å². The SMILES string of the molecule is N#Cc1c(O)c2nccn2[nH]c1=O. The van der Waals surface area contributed by atoms with Crippen LogP contribution >= 0.6 is 0 Å². The van der Waals surface area contributed by atoms with E-state index in [1.165, 1.54) is 16.9 Å². The topological polar surface area (TPSA) is 94.2 Å². The largest absolute Gasteiger partial charge is 0.503 e. The van der Waals surface area contributed by atoms with Crippen molar-refractivity contribution in [1.82, 2.24) is 14.6 Å². The number of hydrogen-bond donors (Lipinski definition) is 2. The Hall–Kier alpha value is -2.29. The van der Waals surface area contributed by atoms with Crippen LogP contribution in [0.25, 0.3) is 5.65 Å². The molecule has 0 radical (unpaired) electrons. The van der Waals surface area contributed by atoms with Gasteiger partial charge in [0.05, 0.1) is 0 Å². The molecule has 0 saturated heterocycles. The van der Waals surface area contributed by atoms with Gasteiger partial charge in [-0.3, -0.25) is 9.89 Å². The molecule has 2 aromatic rings. The molecule has 6 nitrogen and oxygen atoms in total. The van der Waals surface area contributed by atoms with E-state index in [2.05, 4.69) is 10.1 Å². The number of aromatic amines is 1. The highest BCUT2D eigenvalue weighted by molar-refractivity contribution is 5.58. The number of nitrogens with one attached hydrogen (secondary N) is 1. The molecule has 13 heavy (non-hydrogen) atoms. The predicted octanol–water partition coefficient (Wildman–Crippen LogP) is -0.400. The number of H-pyrrole nitrogens is 1. The van der Waals surface area contributed by atoms with Gasteiger partial charge in [0.25, 0.3) is 5.56 Å². The van der Waals surface area contributed by atoms with Crippen LogP contribution in [-0.4, -0.2) is 19.7 Å². The summed E-state index contributed by atoms with van der Waals surface area (Å²) in [5.41, 5.74) is -0.791. The third kappa shape index (κ3) is 0.873. The van der Waals surface area contributed by atoms with E-state index in [0.717, 1.165) is 0 Å². The summed E-state index contributed by atoms with van der Waals surface area (Å²) < 4.78 is 1.25. The average Bonchev–Trinajstić information content (AvgIpc) is 2.53. The maximum Gasteiger partial charge on any atom is 0.284 e. The molecule has 0 saturated carbocycles. The zero-order valence-electron chi connectivity index (χ0n) is 6.35. The summed E-state index contributed by atoms with van der Waals surface area (Å²) in [7, 11) is 0. The van der Waals surface area contributed by atoms with Crippen molar-refractivity contribution in [3.8, 4) is 11.8 Å². The second-order valence-corrected chi connectivity index (χ2v) is 2.40. The summed E-state index contributed by atoms with van der Waals surface area (Å²) in [6.07, 6.45) is 2.88. The maximum atomic E-state index is 11.1. The highest BCUT2D eigenvalue weighted by Gasteiger charge is 2.11. The van der Waals surface area contributed by atoms with Gasteiger partial charge in [-0.25, -0.2) is 9.50 Å². The zero-order chi connectivity index (χ0) is 9.42. The Kier molecular flexibility index (Phi) is 1.33. The number of aromatic nitrogens is 3. The Bertz CT molecular complexity index is 560. The van der Waals surface area contributed by atoms with Crippen LogP contribution in [0.15, 0.2) is 17.2 Å². The molecular formula is C7H4N4O2.